The van der Waals surface area contributed by atoms with E-state index in [0.29, 0.717) is 6.42 Å². The Morgan fingerprint density at radius 3 is 2.67 bits per heavy atom. The second-order valence-corrected chi connectivity index (χ2v) is 4.25. The molecule has 0 aliphatic heterocycles. The SMILES string of the molecule is NNC(Cc1ccc(F)c(Cl)c1)c1cncnc1. The van der Waals surface area contributed by atoms with Crippen molar-refractivity contribution >= 4 is 11.6 Å². The Morgan fingerprint density at radius 2 is 2.06 bits per heavy atom. The summed E-state index contributed by atoms with van der Waals surface area (Å²) in [6.07, 6.45) is 5.39. The predicted octanol–water partition coefficient (Wildman–Crippen LogP) is 2.02. The van der Waals surface area contributed by atoms with Gasteiger partial charge in [-0.3, -0.25) is 11.3 Å². The summed E-state index contributed by atoms with van der Waals surface area (Å²) in [5, 5.41) is 0.104. The lowest BCUT2D eigenvalue weighted by molar-refractivity contribution is 0.547. The summed E-state index contributed by atoms with van der Waals surface area (Å²) in [5.41, 5.74) is 4.43. The molecule has 0 aliphatic carbocycles. The Balaban J connectivity index is 2.18. The number of rotatable bonds is 4. The smallest absolute Gasteiger partial charge is 0.141 e. The van der Waals surface area contributed by atoms with E-state index in [9.17, 15) is 4.39 Å². The van der Waals surface area contributed by atoms with Crippen LogP contribution in [0.3, 0.4) is 0 Å². The Morgan fingerprint density at radius 1 is 1.33 bits per heavy atom. The summed E-state index contributed by atoms with van der Waals surface area (Å²) in [6, 6.07) is 4.46. The van der Waals surface area contributed by atoms with Crippen LogP contribution in [0, 0.1) is 5.82 Å². The van der Waals surface area contributed by atoms with Crippen molar-refractivity contribution in [3.63, 3.8) is 0 Å². The third-order valence-electron chi connectivity index (χ3n) is 2.61. The summed E-state index contributed by atoms with van der Waals surface area (Å²) < 4.78 is 13.0. The molecule has 1 heterocycles. The molecule has 0 amide bonds. The lowest BCUT2D eigenvalue weighted by Crippen LogP contribution is -2.29. The van der Waals surface area contributed by atoms with Gasteiger partial charge in [0.15, 0.2) is 0 Å². The van der Waals surface area contributed by atoms with Crippen molar-refractivity contribution in [2.45, 2.75) is 12.5 Å². The van der Waals surface area contributed by atoms with Gasteiger partial charge in [-0.1, -0.05) is 17.7 Å². The van der Waals surface area contributed by atoms with Gasteiger partial charge in [0.2, 0.25) is 0 Å². The van der Waals surface area contributed by atoms with E-state index < -0.39 is 5.82 Å². The van der Waals surface area contributed by atoms with Gasteiger partial charge in [0.25, 0.3) is 0 Å². The molecule has 18 heavy (non-hydrogen) atoms. The zero-order chi connectivity index (χ0) is 13.0. The Kier molecular flexibility index (Phi) is 4.19. The molecular formula is C12H12ClFN4. The molecule has 1 aromatic carbocycles. The zero-order valence-corrected chi connectivity index (χ0v) is 10.2. The first-order valence-electron chi connectivity index (χ1n) is 5.35. The molecule has 2 rings (SSSR count). The average molecular weight is 267 g/mol. The first-order valence-corrected chi connectivity index (χ1v) is 5.73. The molecule has 0 spiro atoms. The van der Waals surface area contributed by atoms with E-state index in [-0.39, 0.29) is 11.1 Å². The molecule has 0 saturated heterocycles. The molecule has 4 nitrogen and oxygen atoms in total. The molecule has 0 radical (unpaired) electrons. The van der Waals surface area contributed by atoms with Gasteiger partial charge in [-0.25, -0.2) is 14.4 Å². The molecule has 0 bridgehead atoms. The van der Waals surface area contributed by atoms with Gasteiger partial charge in [-0.05, 0) is 24.1 Å². The van der Waals surface area contributed by atoms with Crippen molar-refractivity contribution in [1.82, 2.24) is 15.4 Å². The first-order chi connectivity index (χ1) is 8.70. The standard InChI is InChI=1S/C12H12ClFN4/c13-10-3-8(1-2-11(10)14)4-12(18-15)9-5-16-7-17-6-9/h1-3,5-7,12,18H,4,15H2. The van der Waals surface area contributed by atoms with E-state index in [4.69, 9.17) is 17.4 Å². The van der Waals surface area contributed by atoms with Crippen LogP contribution in [-0.4, -0.2) is 9.97 Å². The highest BCUT2D eigenvalue weighted by molar-refractivity contribution is 6.30. The summed E-state index contributed by atoms with van der Waals surface area (Å²) in [7, 11) is 0. The van der Waals surface area contributed by atoms with Crippen molar-refractivity contribution in [3.8, 4) is 0 Å². The molecule has 1 atom stereocenters. The minimum atomic E-state index is -0.430. The van der Waals surface area contributed by atoms with E-state index in [0.717, 1.165) is 11.1 Å². The van der Waals surface area contributed by atoms with E-state index in [2.05, 4.69) is 15.4 Å². The highest BCUT2D eigenvalue weighted by Crippen LogP contribution is 2.21. The molecule has 1 unspecified atom stereocenters. The predicted molar refractivity (Wildman–Crippen MR) is 67.2 cm³/mol. The van der Waals surface area contributed by atoms with Gasteiger partial charge >= 0.3 is 0 Å². The summed E-state index contributed by atoms with van der Waals surface area (Å²) in [4.78, 5) is 7.87. The van der Waals surface area contributed by atoms with Gasteiger partial charge in [-0.2, -0.15) is 0 Å². The number of halogens is 2. The Hall–Kier alpha value is -1.56. The monoisotopic (exact) mass is 266 g/mol. The number of hydrogen-bond donors (Lipinski definition) is 2. The van der Waals surface area contributed by atoms with Crippen LogP contribution in [0.2, 0.25) is 5.02 Å². The van der Waals surface area contributed by atoms with E-state index in [1.807, 2.05) is 0 Å². The first kappa shape index (κ1) is 12.9. The number of aromatic nitrogens is 2. The minimum Gasteiger partial charge on any atom is -0.271 e. The van der Waals surface area contributed by atoms with Crippen LogP contribution in [0.15, 0.2) is 36.9 Å². The fraction of sp³-hybridized carbons (Fsp3) is 0.167. The van der Waals surface area contributed by atoms with Gasteiger partial charge in [0.05, 0.1) is 11.1 Å². The number of hydrogen-bond acceptors (Lipinski definition) is 4. The van der Waals surface area contributed by atoms with E-state index >= 15 is 0 Å². The second kappa shape index (κ2) is 5.86. The molecule has 3 N–H and O–H groups in total. The molecule has 0 aliphatic rings. The Labute approximate surface area is 109 Å². The number of nitrogens with two attached hydrogens (primary N) is 1. The number of hydrazine groups is 1. The van der Waals surface area contributed by atoms with Crippen LogP contribution in [0.25, 0.3) is 0 Å². The van der Waals surface area contributed by atoms with Crippen LogP contribution in [0.5, 0.6) is 0 Å². The fourth-order valence-corrected chi connectivity index (χ4v) is 1.87. The Bertz CT molecular complexity index is 521. The van der Waals surface area contributed by atoms with Crippen molar-refractivity contribution in [1.29, 1.82) is 0 Å². The zero-order valence-electron chi connectivity index (χ0n) is 9.48. The molecule has 6 heteroatoms. The van der Waals surface area contributed by atoms with Crippen molar-refractivity contribution < 1.29 is 4.39 Å². The van der Waals surface area contributed by atoms with Crippen molar-refractivity contribution in [2.75, 3.05) is 0 Å². The molecule has 2 aromatic rings. The topological polar surface area (TPSA) is 63.8 Å². The number of nitrogens with zero attached hydrogens (tertiary/aromatic N) is 2. The second-order valence-electron chi connectivity index (χ2n) is 3.84. The highest BCUT2D eigenvalue weighted by atomic mass is 35.5. The van der Waals surface area contributed by atoms with Crippen LogP contribution >= 0.6 is 11.6 Å². The van der Waals surface area contributed by atoms with Crippen molar-refractivity contribution in [2.24, 2.45) is 5.84 Å². The minimum absolute atomic E-state index is 0.104. The van der Waals surface area contributed by atoms with Crippen LogP contribution in [0.1, 0.15) is 17.2 Å². The maximum atomic E-state index is 13.0. The van der Waals surface area contributed by atoms with Gasteiger partial charge in [0.1, 0.15) is 12.1 Å². The van der Waals surface area contributed by atoms with Gasteiger partial charge in [0, 0.05) is 18.0 Å². The largest absolute Gasteiger partial charge is 0.271 e. The van der Waals surface area contributed by atoms with Crippen LogP contribution in [-0.2, 0) is 6.42 Å². The van der Waals surface area contributed by atoms with Crippen LogP contribution in [0.4, 0.5) is 4.39 Å². The van der Waals surface area contributed by atoms with Crippen LogP contribution < -0.4 is 11.3 Å². The number of nitrogens with one attached hydrogen (secondary N) is 1. The summed E-state index contributed by atoms with van der Waals surface area (Å²) in [5.74, 6) is 5.08. The molecule has 94 valence electrons. The summed E-state index contributed by atoms with van der Waals surface area (Å²) >= 11 is 5.74. The van der Waals surface area contributed by atoms with Gasteiger partial charge < -0.3 is 0 Å². The lowest BCUT2D eigenvalue weighted by atomic mass is 10.0. The highest BCUT2D eigenvalue weighted by Gasteiger charge is 2.12. The number of benzene rings is 1. The van der Waals surface area contributed by atoms with E-state index in [1.54, 1.807) is 24.5 Å². The lowest BCUT2D eigenvalue weighted by Gasteiger charge is -2.15. The van der Waals surface area contributed by atoms with Gasteiger partial charge in [-0.15, -0.1) is 0 Å². The molecule has 0 fully saturated rings. The molecule has 0 saturated carbocycles. The van der Waals surface area contributed by atoms with E-state index in [1.165, 1.54) is 12.4 Å². The summed E-state index contributed by atoms with van der Waals surface area (Å²) in [6.45, 7) is 0. The average Bonchev–Trinajstić information content (AvgIpc) is 2.41. The third kappa shape index (κ3) is 3.01. The molecular weight excluding hydrogens is 255 g/mol. The van der Waals surface area contributed by atoms with Crippen molar-refractivity contribution in [3.05, 3.63) is 58.9 Å². The third-order valence-corrected chi connectivity index (χ3v) is 2.90. The maximum absolute atomic E-state index is 13.0. The maximum Gasteiger partial charge on any atom is 0.141 e. The molecule has 1 aromatic heterocycles. The normalized spacial score (nSPS) is 12.4. The quantitative estimate of drug-likeness (QED) is 0.656. The fourth-order valence-electron chi connectivity index (χ4n) is 1.67.